The van der Waals surface area contributed by atoms with Crippen LogP contribution in [0, 0.1) is 0 Å². The van der Waals surface area contributed by atoms with E-state index in [1.165, 1.54) is 27.8 Å². The summed E-state index contributed by atoms with van der Waals surface area (Å²) >= 11 is 0. The van der Waals surface area contributed by atoms with Gasteiger partial charge in [0, 0.05) is 36.1 Å². The predicted molar refractivity (Wildman–Crippen MR) is 140 cm³/mol. The summed E-state index contributed by atoms with van der Waals surface area (Å²) in [6.07, 6.45) is 9.68. The van der Waals surface area contributed by atoms with Crippen molar-refractivity contribution in [2.45, 2.75) is 58.9 Å². The molecule has 3 nitrogen and oxygen atoms in total. The molecule has 3 heteroatoms. The lowest BCUT2D eigenvalue weighted by molar-refractivity contribution is 0.432. The van der Waals surface area contributed by atoms with Crippen molar-refractivity contribution in [3.63, 3.8) is 0 Å². The Balaban J connectivity index is 2.06. The minimum absolute atomic E-state index is 0.460. The van der Waals surface area contributed by atoms with Crippen molar-refractivity contribution in [1.29, 1.82) is 0 Å². The molecule has 0 bridgehead atoms. The van der Waals surface area contributed by atoms with Gasteiger partial charge in [-0.25, -0.2) is 0 Å². The van der Waals surface area contributed by atoms with Crippen LogP contribution in [-0.2, 0) is 6.42 Å². The lowest BCUT2D eigenvalue weighted by Gasteiger charge is -2.21. The van der Waals surface area contributed by atoms with Gasteiger partial charge in [0.2, 0.25) is 0 Å². The number of hydrogen-bond acceptors (Lipinski definition) is 2. The molecule has 1 N–H and O–H groups in total. The topological polar surface area (TPSA) is 29.3 Å². The first-order valence-electron chi connectivity index (χ1n) is 11.8. The number of aliphatic imine (C=N–C) groups is 1. The molecule has 0 aliphatic rings. The minimum Gasteiger partial charge on any atom is -0.348 e. The Kier molecular flexibility index (Phi) is 8.49. The number of rotatable bonds is 11. The molecule has 0 saturated heterocycles. The fraction of sp³-hybridized carbons (Fsp3) is 0.345. The van der Waals surface area contributed by atoms with Crippen LogP contribution in [0.4, 0.5) is 5.82 Å². The molecule has 1 heterocycles. The van der Waals surface area contributed by atoms with E-state index in [1.54, 1.807) is 6.20 Å². The van der Waals surface area contributed by atoms with Crippen molar-refractivity contribution < 1.29 is 0 Å². The van der Waals surface area contributed by atoms with Gasteiger partial charge < -0.3 is 9.88 Å². The summed E-state index contributed by atoms with van der Waals surface area (Å²) in [5.41, 5.74) is 7.29. The Morgan fingerprint density at radius 3 is 2.19 bits per heavy atom. The summed E-state index contributed by atoms with van der Waals surface area (Å²) < 4.78 is 2.42. The number of nitrogens with zero attached hydrogens (tertiary/aromatic N) is 2. The molecule has 0 saturated carbocycles. The lowest BCUT2D eigenvalue weighted by atomic mass is 9.98. The van der Waals surface area contributed by atoms with Crippen LogP contribution in [0.15, 0.2) is 78.6 Å². The zero-order valence-electron chi connectivity index (χ0n) is 20.1. The molecule has 0 radical (unpaired) electrons. The maximum Gasteiger partial charge on any atom is 0.120 e. The molecule has 0 amide bonds. The third-order valence-corrected chi connectivity index (χ3v) is 6.12. The number of anilines is 1. The van der Waals surface area contributed by atoms with Crippen molar-refractivity contribution >= 4 is 11.5 Å². The van der Waals surface area contributed by atoms with Crippen LogP contribution < -0.4 is 5.32 Å². The summed E-state index contributed by atoms with van der Waals surface area (Å²) in [4.78, 5) is 4.55. The van der Waals surface area contributed by atoms with E-state index in [0.29, 0.717) is 6.04 Å². The van der Waals surface area contributed by atoms with Crippen LogP contribution in [0.3, 0.4) is 0 Å². The molecular formula is C29H37N3. The van der Waals surface area contributed by atoms with Crippen molar-refractivity contribution in [1.82, 2.24) is 4.57 Å². The van der Waals surface area contributed by atoms with Crippen LogP contribution >= 0.6 is 0 Å². The number of nitrogens with one attached hydrogen (secondary N) is 1. The number of hydrogen-bond donors (Lipinski definition) is 1. The molecule has 3 aromatic rings. The summed E-state index contributed by atoms with van der Waals surface area (Å²) in [6.45, 7) is 10.6. The average molecular weight is 428 g/mol. The second kappa shape index (κ2) is 11.5. The van der Waals surface area contributed by atoms with Crippen LogP contribution in [0.5, 0.6) is 0 Å². The highest BCUT2D eigenvalue weighted by Crippen LogP contribution is 2.37. The van der Waals surface area contributed by atoms with Crippen molar-refractivity contribution in [3.8, 4) is 11.1 Å². The molecule has 0 unspecified atom stereocenters. The highest BCUT2D eigenvalue weighted by Gasteiger charge is 2.22. The normalized spacial score (nSPS) is 11.7. The SMILES string of the molecule is C=CNc1c(C(C)=NC)c(-c2ccc(Cc3ccccc3)cc2)cn1C(CCC)CCC. The third-order valence-electron chi connectivity index (χ3n) is 6.12. The van der Waals surface area contributed by atoms with Gasteiger partial charge in [-0.05, 0) is 49.1 Å². The van der Waals surface area contributed by atoms with Gasteiger partial charge in [0.25, 0.3) is 0 Å². The van der Waals surface area contributed by atoms with Gasteiger partial charge in [0.15, 0.2) is 0 Å². The molecule has 0 fully saturated rings. The van der Waals surface area contributed by atoms with E-state index in [2.05, 4.69) is 103 Å². The van der Waals surface area contributed by atoms with Gasteiger partial charge in [-0.2, -0.15) is 0 Å². The number of aromatic nitrogens is 1. The average Bonchev–Trinajstić information content (AvgIpc) is 3.19. The first kappa shape index (κ1) is 23.6. The second-order valence-electron chi connectivity index (χ2n) is 8.42. The van der Waals surface area contributed by atoms with Gasteiger partial charge in [-0.3, -0.25) is 4.99 Å². The summed E-state index contributed by atoms with van der Waals surface area (Å²) in [7, 11) is 1.87. The molecule has 2 aromatic carbocycles. The molecule has 0 atom stereocenters. The van der Waals surface area contributed by atoms with Gasteiger partial charge in [0.05, 0.1) is 0 Å². The summed E-state index contributed by atoms with van der Waals surface area (Å²) in [5.74, 6) is 1.10. The quantitative estimate of drug-likeness (QED) is 0.310. The highest BCUT2D eigenvalue weighted by atomic mass is 15.1. The second-order valence-corrected chi connectivity index (χ2v) is 8.42. The van der Waals surface area contributed by atoms with E-state index in [9.17, 15) is 0 Å². The molecule has 32 heavy (non-hydrogen) atoms. The Morgan fingerprint density at radius 1 is 1.00 bits per heavy atom. The minimum atomic E-state index is 0.460. The van der Waals surface area contributed by atoms with Crippen molar-refractivity contribution in [2.24, 2.45) is 4.99 Å². The molecule has 3 rings (SSSR count). The highest BCUT2D eigenvalue weighted by molar-refractivity contribution is 6.09. The van der Waals surface area contributed by atoms with E-state index in [4.69, 9.17) is 0 Å². The van der Waals surface area contributed by atoms with E-state index >= 15 is 0 Å². The van der Waals surface area contributed by atoms with E-state index < -0.39 is 0 Å². The fourth-order valence-electron chi connectivity index (χ4n) is 4.48. The standard InChI is InChI=1S/C29H37N3/c1-6-12-26(13-7-2)32-21-27(28(22(4)30-5)29(32)31-8-3)25-18-16-24(17-19-25)20-23-14-10-9-11-15-23/h8-11,14-19,21,26,31H,3,6-7,12-13,20H2,1-2,4-5H3. The maximum atomic E-state index is 4.55. The Labute approximate surface area is 193 Å². The van der Waals surface area contributed by atoms with Crippen molar-refractivity contribution in [3.05, 3.63) is 90.3 Å². The smallest absolute Gasteiger partial charge is 0.120 e. The van der Waals surface area contributed by atoms with Gasteiger partial charge >= 0.3 is 0 Å². The monoisotopic (exact) mass is 427 g/mol. The van der Waals surface area contributed by atoms with E-state index in [0.717, 1.165) is 43.6 Å². The van der Waals surface area contributed by atoms with Gasteiger partial charge in [-0.1, -0.05) is 87.9 Å². The lowest BCUT2D eigenvalue weighted by Crippen LogP contribution is -2.12. The van der Waals surface area contributed by atoms with Crippen molar-refractivity contribution in [2.75, 3.05) is 12.4 Å². The Morgan fingerprint density at radius 2 is 1.62 bits per heavy atom. The van der Waals surface area contributed by atoms with Crippen LogP contribution in [-0.4, -0.2) is 17.3 Å². The van der Waals surface area contributed by atoms with Crippen LogP contribution in [0.1, 0.15) is 69.2 Å². The van der Waals surface area contributed by atoms with E-state index in [-0.39, 0.29) is 0 Å². The first-order valence-corrected chi connectivity index (χ1v) is 11.8. The fourth-order valence-corrected chi connectivity index (χ4v) is 4.48. The Hall–Kier alpha value is -3.07. The number of benzene rings is 2. The Bertz CT molecular complexity index is 1020. The molecule has 1 aromatic heterocycles. The zero-order valence-corrected chi connectivity index (χ0v) is 20.1. The molecule has 168 valence electrons. The van der Waals surface area contributed by atoms with E-state index in [1.807, 2.05) is 7.05 Å². The van der Waals surface area contributed by atoms with Crippen LogP contribution in [0.2, 0.25) is 0 Å². The largest absolute Gasteiger partial charge is 0.348 e. The maximum absolute atomic E-state index is 4.55. The summed E-state index contributed by atoms with van der Waals surface area (Å²) in [6, 6.07) is 20.1. The van der Waals surface area contributed by atoms with Crippen LogP contribution in [0.25, 0.3) is 11.1 Å². The molecular weight excluding hydrogens is 390 g/mol. The predicted octanol–water partition coefficient (Wildman–Crippen LogP) is 7.88. The molecule has 0 spiro atoms. The van der Waals surface area contributed by atoms with Gasteiger partial charge in [0.1, 0.15) is 5.82 Å². The third kappa shape index (κ3) is 5.40. The molecule has 0 aliphatic heterocycles. The summed E-state index contributed by atoms with van der Waals surface area (Å²) in [5, 5.41) is 3.44. The molecule has 0 aliphatic carbocycles. The van der Waals surface area contributed by atoms with Gasteiger partial charge in [-0.15, -0.1) is 0 Å². The first-order chi connectivity index (χ1) is 15.6. The zero-order chi connectivity index (χ0) is 22.9.